The van der Waals surface area contributed by atoms with Crippen LogP contribution in [0.2, 0.25) is 5.02 Å². The number of hydrogen-bond acceptors (Lipinski definition) is 13. The summed E-state index contributed by atoms with van der Waals surface area (Å²) >= 11 is 8.21. The number of pyridine rings is 1. The Balaban J connectivity index is 1.31. The van der Waals surface area contributed by atoms with Crippen LogP contribution in [0.4, 0.5) is 19.6 Å². The Morgan fingerprint density at radius 2 is 2.13 bits per heavy atom. The van der Waals surface area contributed by atoms with Gasteiger partial charge in [-0.2, -0.15) is 20.2 Å². The van der Waals surface area contributed by atoms with Gasteiger partial charge >= 0.3 is 6.01 Å². The fourth-order valence-electron chi connectivity index (χ4n) is 7.06. The monoisotopic (exact) mass is 665 g/mol. The summed E-state index contributed by atoms with van der Waals surface area (Å²) in [5.41, 5.74) is 8.39. The molecular formula is C30H26ClF2N9O3S. The number of halogens is 3. The number of nitrogens with one attached hydrogen (secondary N) is 1. The molecule has 8 rings (SSSR count). The van der Waals surface area contributed by atoms with Crippen LogP contribution < -0.4 is 15.8 Å². The van der Waals surface area contributed by atoms with Gasteiger partial charge in [0.1, 0.15) is 29.7 Å². The SMILES string of the molecule is Cc1nc(CNc2nc(OCC34CCCN3CC(F)C4)nc3c(Cl)c(-c4ncc(F)c5sc(N)c(C#N)c45)c4c(c23)COC4)no1. The molecule has 5 aromatic rings. The zero-order valence-corrected chi connectivity index (χ0v) is 26.1. The molecule has 1 aromatic carbocycles. The smallest absolute Gasteiger partial charge is 0.319 e. The van der Waals surface area contributed by atoms with Gasteiger partial charge in [0.15, 0.2) is 11.6 Å². The lowest BCUT2D eigenvalue weighted by Crippen LogP contribution is -2.43. The molecule has 4 aromatic heterocycles. The van der Waals surface area contributed by atoms with E-state index in [1.807, 2.05) is 0 Å². The number of ether oxygens (including phenoxy) is 2. The maximum atomic E-state index is 14.9. The summed E-state index contributed by atoms with van der Waals surface area (Å²) in [4.78, 5) is 20.4. The number of fused-ring (bicyclic) bond motifs is 5. The summed E-state index contributed by atoms with van der Waals surface area (Å²) in [6.45, 7) is 3.69. The van der Waals surface area contributed by atoms with Crippen molar-refractivity contribution in [1.29, 1.82) is 5.26 Å². The van der Waals surface area contributed by atoms with E-state index in [0.717, 1.165) is 42.5 Å². The van der Waals surface area contributed by atoms with Gasteiger partial charge < -0.3 is 25.0 Å². The van der Waals surface area contributed by atoms with Crippen LogP contribution >= 0.6 is 22.9 Å². The first kappa shape index (κ1) is 29.2. The predicted molar refractivity (Wildman–Crippen MR) is 166 cm³/mol. The van der Waals surface area contributed by atoms with Crippen molar-refractivity contribution in [1.82, 2.24) is 30.0 Å². The zero-order chi connectivity index (χ0) is 31.7. The minimum atomic E-state index is -0.916. The molecule has 2 fully saturated rings. The Morgan fingerprint density at radius 1 is 1.28 bits per heavy atom. The van der Waals surface area contributed by atoms with Gasteiger partial charge in [0.25, 0.3) is 0 Å². The normalized spacial score (nSPS) is 20.8. The highest BCUT2D eigenvalue weighted by molar-refractivity contribution is 7.23. The largest absolute Gasteiger partial charge is 0.461 e. The van der Waals surface area contributed by atoms with E-state index in [-0.39, 0.29) is 58.0 Å². The highest BCUT2D eigenvalue weighted by Crippen LogP contribution is 2.48. The van der Waals surface area contributed by atoms with Crippen LogP contribution in [-0.4, -0.2) is 61.4 Å². The fraction of sp³-hybridized carbons (Fsp3) is 0.400. The third kappa shape index (κ3) is 4.54. The average Bonchev–Trinajstić information content (AvgIpc) is 3.85. The van der Waals surface area contributed by atoms with Crippen LogP contribution in [0.1, 0.15) is 47.7 Å². The van der Waals surface area contributed by atoms with E-state index in [2.05, 4.69) is 31.4 Å². The molecule has 0 amide bonds. The van der Waals surface area contributed by atoms with E-state index >= 15 is 0 Å². The quantitative estimate of drug-likeness (QED) is 0.227. The fourth-order valence-corrected chi connectivity index (χ4v) is 8.32. The summed E-state index contributed by atoms with van der Waals surface area (Å²) in [5.74, 6) is 0.649. The Kier molecular flexibility index (Phi) is 6.94. The maximum Gasteiger partial charge on any atom is 0.319 e. The summed E-state index contributed by atoms with van der Waals surface area (Å²) in [5, 5.41) is 18.5. The molecule has 7 heterocycles. The molecule has 0 spiro atoms. The third-order valence-electron chi connectivity index (χ3n) is 9.04. The second kappa shape index (κ2) is 10.9. The van der Waals surface area contributed by atoms with Crippen molar-refractivity contribution in [2.75, 3.05) is 30.7 Å². The lowest BCUT2D eigenvalue weighted by molar-refractivity contribution is 0.107. The molecule has 236 valence electrons. The van der Waals surface area contributed by atoms with Crippen molar-refractivity contribution in [3.05, 3.63) is 45.4 Å². The summed E-state index contributed by atoms with van der Waals surface area (Å²) in [6, 6.07) is 2.14. The maximum absolute atomic E-state index is 14.9. The van der Waals surface area contributed by atoms with Crippen LogP contribution in [0.15, 0.2) is 10.7 Å². The molecule has 2 unspecified atom stereocenters. The number of anilines is 2. The summed E-state index contributed by atoms with van der Waals surface area (Å²) in [6.07, 6.45) is 2.34. The highest BCUT2D eigenvalue weighted by Gasteiger charge is 2.49. The number of nitrogen functional groups attached to an aromatic ring is 1. The van der Waals surface area contributed by atoms with Crippen LogP contribution in [0.3, 0.4) is 0 Å². The molecular weight excluding hydrogens is 640 g/mol. The van der Waals surface area contributed by atoms with E-state index in [1.165, 1.54) is 0 Å². The molecule has 3 N–H and O–H groups in total. The van der Waals surface area contributed by atoms with Gasteiger partial charge in [0, 0.05) is 30.8 Å². The number of thiophene rings is 1. The third-order valence-corrected chi connectivity index (χ3v) is 10.4. The molecule has 2 saturated heterocycles. The predicted octanol–water partition coefficient (Wildman–Crippen LogP) is 5.44. The number of nitrogens with two attached hydrogens (primary N) is 1. The number of aromatic nitrogens is 5. The average molecular weight is 666 g/mol. The van der Waals surface area contributed by atoms with Crippen molar-refractivity contribution in [2.24, 2.45) is 0 Å². The van der Waals surface area contributed by atoms with Gasteiger partial charge in [-0.3, -0.25) is 9.88 Å². The van der Waals surface area contributed by atoms with E-state index in [9.17, 15) is 14.0 Å². The summed E-state index contributed by atoms with van der Waals surface area (Å²) in [7, 11) is 0. The number of nitriles is 1. The standard InChI is InChI=1S/C30H26ClF2N9O3S/c1-13-38-19(41-45-13)8-37-28-22-17-11-43-10-16(17)20(24-21-15(6-34)27(35)46-26(21)18(33)7-36-24)23(31)25(22)39-29(40-28)44-12-30-3-2-4-42(30)9-14(32)5-30/h7,14H,2-5,8-12,35H2,1H3,(H,37,39,40). The number of aryl methyl sites for hydroxylation is 1. The van der Waals surface area contributed by atoms with Gasteiger partial charge in [-0.25, -0.2) is 8.78 Å². The molecule has 46 heavy (non-hydrogen) atoms. The van der Waals surface area contributed by atoms with Crippen LogP contribution in [0.5, 0.6) is 6.01 Å². The molecule has 0 saturated carbocycles. The minimum Gasteiger partial charge on any atom is -0.461 e. The van der Waals surface area contributed by atoms with Crippen LogP contribution in [0.25, 0.3) is 32.2 Å². The molecule has 12 nitrogen and oxygen atoms in total. The number of benzene rings is 1. The lowest BCUT2D eigenvalue weighted by atomic mass is 9.94. The first-order chi connectivity index (χ1) is 22.3. The van der Waals surface area contributed by atoms with E-state index < -0.39 is 17.5 Å². The van der Waals surface area contributed by atoms with Crippen molar-refractivity contribution >= 4 is 54.7 Å². The second-order valence-electron chi connectivity index (χ2n) is 11.8. The van der Waals surface area contributed by atoms with Gasteiger partial charge in [-0.05, 0) is 30.5 Å². The molecule has 3 aliphatic heterocycles. The molecule has 3 aliphatic rings. The Hall–Kier alpha value is -4.23. The van der Waals surface area contributed by atoms with Crippen LogP contribution in [-0.2, 0) is 24.5 Å². The van der Waals surface area contributed by atoms with Crippen molar-refractivity contribution in [3.63, 3.8) is 0 Å². The highest BCUT2D eigenvalue weighted by atomic mass is 35.5. The zero-order valence-electron chi connectivity index (χ0n) is 24.5. The van der Waals surface area contributed by atoms with Gasteiger partial charge in [0.05, 0.1) is 63.4 Å². The lowest BCUT2D eigenvalue weighted by Gasteiger charge is -2.30. The molecule has 16 heteroatoms. The molecule has 2 atom stereocenters. The van der Waals surface area contributed by atoms with Gasteiger partial charge in [-0.15, -0.1) is 11.3 Å². The number of nitrogens with zero attached hydrogens (tertiary/aromatic N) is 7. The summed E-state index contributed by atoms with van der Waals surface area (Å²) < 4.78 is 46.9. The van der Waals surface area contributed by atoms with Crippen LogP contribution in [0, 0.1) is 24.1 Å². The first-order valence-electron chi connectivity index (χ1n) is 14.7. The Bertz CT molecular complexity index is 2100. The Labute approximate surface area is 269 Å². The second-order valence-corrected chi connectivity index (χ2v) is 13.2. The minimum absolute atomic E-state index is 0.0456. The van der Waals surface area contributed by atoms with E-state index in [0.29, 0.717) is 58.2 Å². The van der Waals surface area contributed by atoms with E-state index in [4.69, 9.17) is 41.3 Å². The topological polar surface area (TPSA) is 161 Å². The number of hydrogen-bond donors (Lipinski definition) is 2. The first-order valence-corrected chi connectivity index (χ1v) is 15.9. The molecule has 0 bridgehead atoms. The van der Waals surface area contributed by atoms with Gasteiger partial charge in [-0.1, -0.05) is 16.8 Å². The van der Waals surface area contributed by atoms with Crippen molar-refractivity contribution < 1.29 is 22.8 Å². The number of alkyl halides is 1. The molecule has 0 aliphatic carbocycles. The number of rotatable bonds is 7. The van der Waals surface area contributed by atoms with E-state index in [1.54, 1.807) is 6.92 Å². The Morgan fingerprint density at radius 3 is 2.93 bits per heavy atom. The molecule has 0 radical (unpaired) electrons. The van der Waals surface area contributed by atoms with Crippen molar-refractivity contribution in [3.8, 4) is 23.3 Å². The van der Waals surface area contributed by atoms with Gasteiger partial charge in [0.2, 0.25) is 5.89 Å². The van der Waals surface area contributed by atoms with Crippen molar-refractivity contribution in [2.45, 2.75) is 57.7 Å².